The molecule has 0 aliphatic carbocycles. The average molecular weight is 136 g/mol. The molecular formula is C4H9AlClO. The molecular weight excluding hydrogens is 126 g/mol. The molecule has 0 saturated heterocycles. The van der Waals surface area contributed by atoms with Crippen molar-refractivity contribution in [1.29, 1.82) is 0 Å². The zero-order chi connectivity index (χ0) is 5.54. The van der Waals surface area contributed by atoms with Gasteiger partial charge in [0.2, 0.25) is 0 Å². The van der Waals surface area contributed by atoms with Gasteiger partial charge in [0.1, 0.15) is 0 Å². The summed E-state index contributed by atoms with van der Waals surface area (Å²) in [6.45, 7) is 3.65. The molecule has 0 aromatic heterocycles. The standard InChI is InChI=1S/C4H9O.Al.ClH/c1-3-5-4-2;;/h1,3-4H2,2H3;;1H/q;+1;/p-1. The van der Waals surface area contributed by atoms with Crippen molar-refractivity contribution in [2.45, 2.75) is 12.2 Å². The van der Waals surface area contributed by atoms with Gasteiger partial charge in [0, 0.05) is 13.2 Å². The van der Waals surface area contributed by atoms with Crippen LogP contribution in [0.4, 0.5) is 0 Å². The second-order valence-corrected chi connectivity index (χ2v) is 2.95. The van der Waals surface area contributed by atoms with E-state index in [4.69, 9.17) is 14.8 Å². The Morgan fingerprint density at radius 3 is 2.86 bits per heavy atom. The van der Waals surface area contributed by atoms with Crippen LogP contribution in [-0.4, -0.2) is 27.5 Å². The Kier molecular flexibility index (Phi) is 7.54. The SMILES string of the molecule is CCOC[CH2][Al][Cl]. The maximum absolute atomic E-state index is 5.44. The minimum atomic E-state index is 0.128. The molecule has 0 rings (SSSR count). The van der Waals surface area contributed by atoms with E-state index in [1.54, 1.807) is 0 Å². The van der Waals surface area contributed by atoms with Crippen LogP contribution in [-0.2, 0) is 4.74 Å². The molecule has 1 radical (unpaired) electrons. The summed E-state index contributed by atoms with van der Waals surface area (Å²) in [6.07, 6.45) is 0. The molecule has 1 nitrogen and oxygen atoms in total. The highest BCUT2D eigenvalue weighted by Gasteiger charge is 1.84. The second-order valence-electron chi connectivity index (χ2n) is 1.14. The van der Waals surface area contributed by atoms with Crippen LogP contribution in [0, 0.1) is 0 Å². The summed E-state index contributed by atoms with van der Waals surface area (Å²) in [5.74, 6) is 0. The van der Waals surface area contributed by atoms with Crippen molar-refractivity contribution in [3.8, 4) is 0 Å². The van der Waals surface area contributed by atoms with E-state index < -0.39 is 0 Å². The Morgan fingerprint density at radius 2 is 2.43 bits per heavy atom. The first-order valence-electron chi connectivity index (χ1n) is 2.41. The molecule has 0 aromatic rings. The van der Waals surface area contributed by atoms with Gasteiger partial charge in [-0.25, -0.2) is 0 Å². The molecule has 0 N–H and O–H groups in total. The van der Waals surface area contributed by atoms with Gasteiger partial charge in [0.05, 0.1) is 0 Å². The minimum Gasteiger partial charge on any atom is -0.383 e. The van der Waals surface area contributed by atoms with Gasteiger partial charge in [-0.15, -0.1) is 0 Å². The lowest BCUT2D eigenvalue weighted by Crippen LogP contribution is -1.93. The molecule has 0 heterocycles. The van der Waals surface area contributed by atoms with Crippen LogP contribution >= 0.6 is 10.0 Å². The van der Waals surface area contributed by atoms with E-state index >= 15 is 0 Å². The third kappa shape index (κ3) is 6.78. The minimum absolute atomic E-state index is 0.128. The molecule has 7 heavy (non-hydrogen) atoms. The summed E-state index contributed by atoms with van der Waals surface area (Å²) in [5.41, 5.74) is 0. The smallest absolute Gasteiger partial charge is 0.358 e. The lowest BCUT2D eigenvalue weighted by molar-refractivity contribution is 0.162. The number of ether oxygens (including phenoxy) is 1. The maximum Gasteiger partial charge on any atom is 0.358 e. The van der Waals surface area contributed by atoms with E-state index in [-0.39, 0.29) is 14.3 Å². The average Bonchev–Trinajstić information content (AvgIpc) is 1.69. The largest absolute Gasteiger partial charge is 0.383 e. The molecule has 0 fully saturated rings. The highest BCUT2D eigenvalue weighted by Crippen LogP contribution is 1.82. The Hall–Kier alpha value is 0.782. The first-order valence-corrected chi connectivity index (χ1v) is 4.97. The van der Waals surface area contributed by atoms with Gasteiger partial charge in [0.15, 0.2) is 0 Å². The summed E-state index contributed by atoms with van der Waals surface area (Å²) < 4.78 is 5.01. The van der Waals surface area contributed by atoms with E-state index in [1.807, 2.05) is 6.92 Å². The zero-order valence-corrected chi connectivity index (χ0v) is 6.40. The Balaban J connectivity index is 2.45. The highest BCUT2D eigenvalue weighted by molar-refractivity contribution is 6.93. The summed E-state index contributed by atoms with van der Waals surface area (Å²) in [6, 6.07) is 0. The molecule has 0 unspecified atom stereocenters. The maximum atomic E-state index is 5.44. The van der Waals surface area contributed by atoms with Gasteiger partial charge in [-0.3, -0.25) is 10.0 Å². The Labute approximate surface area is 54.9 Å². The van der Waals surface area contributed by atoms with E-state index in [0.29, 0.717) is 0 Å². The van der Waals surface area contributed by atoms with E-state index in [1.165, 1.54) is 0 Å². The molecule has 0 aliphatic rings. The molecule has 0 aromatic carbocycles. The van der Waals surface area contributed by atoms with Gasteiger partial charge in [-0.2, -0.15) is 0 Å². The predicted octanol–water partition coefficient (Wildman–Crippen LogP) is 1.30. The topological polar surface area (TPSA) is 9.23 Å². The lowest BCUT2D eigenvalue weighted by atomic mass is 10.8. The summed E-state index contributed by atoms with van der Waals surface area (Å²) in [4.78, 5) is 0. The van der Waals surface area contributed by atoms with Gasteiger partial charge in [-0.1, -0.05) is 5.28 Å². The van der Waals surface area contributed by atoms with Crippen LogP contribution in [0.2, 0.25) is 5.28 Å². The van der Waals surface area contributed by atoms with Crippen molar-refractivity contribution in [3.05, 3.63) is 0 Å². The molecule has 0 amide bonds. The van der Waals surface area contributed by atoms with Crippen molar-refractivity contribution in [3.63, 3.8) is 0 Å². The van der Waals surface area contributed by atoms with Gasteiger partial charge < -0.3 is 4.74 Å². The van der Waals surface area contributed by atoms with Crippen LogP contribution in [0.25, 0.3) is 0 Å². The third-order valence-electron chi connectivity index (χ3n) is 0.575. The lowest BCUT2D eigenvalue weighted by Gasteiger charge is -1.93. The second kappa shape index (κ2) is 6.78. The van der Waals surface area contributed by atoms with E-state index in [2.05, 4.69) is 0 Å². The molecule has 0 spiro atoms. The Morgan fingerprint density at radius 1 is 1.71 bits per heavy atom. The van der Waals surface area contributed by atoms with Crippen molar-refractivity contribution in [1.82, 2.24) is 0 Å². The predicted molar refractivity (Wildman–Crippen MR) is 32.9 cm³/mol. The van der Waals surface area contributed by atoms with Crippen LogP contribution in [0.15, 0.2) is 0 Å². The number of hydrogen-bond donors (Lipinski definition) is 0. The van der Waals surface area contributed by atoms with E-state index in [0.717, 1.165) is 18.5 Å². The molecule has 0 aliphatic heterocycles. The highest BCUT2D eigenvalue weighted by atomic mass is 35.6. The molecule has 41 valence electrons. The molecule has 0 atom stereocenters. The monoisotopic (exact) mass is 135 g/mol. The molecule has 0 bridgehead atoms. The van der Waals surface area contributed by atoms with Crippen LogP contribution in [0.3, 0.4) is 0 Å². The number of rotatable bonds is 4. The fourth-order valence-corrected chi connectivity index (χ4v) is 0.795. The quantitative estimate of drug-likeness (QED) is 0.417. The fourth-order valence-electron chi connectivity index (χ4n) is 0.272. The fraction of sp³-hybridized carbons (Fsp3) is 1.00. The van der Waals surface area contributed by atoms with Gasteiger partial charge in [-0.05, 0) is 6.92 Å². The normalized spacial score (nSPS) is 8.86. The Bertz CT molecular complexity index is 30.9. The van der Waals surface area contributed by atoms with Crippen LogP contribution in [0.1, 0.15) is 6.92 Å². The number of halogens is 1. The molecule has 0 saturated carbocycles. The van der Waals surface area contributed by atoms with Gasteiger partial charge >= 0.3 is 14.3 Å². The first-order chi connectivity index (χ1) is 3.41. The van der Waals surface area contributed by atoms with Crippen molar-refractivity contribution >= 4 is 24.3 Å². The summed E-state index contributed by atoms with van der Waals surface area (Å²) in [7, 11) is 5.44. The summed E-state index contributed by atoms with van der Waals surface area (Å²) in [5, 5.41) is 1.05. The zero-order valence-electron chi connectivity index (χ0n) is 4.48. The van der Waals surface area contributed by atoms with Gasteiger partial charge in [0.25, 0.3) is 0 Å². The summed E-state index contributed by atoms with van der Waals surface area (Å²) >= 11 is 0.128. The first kappa shape index (κ1) is 7.78. The van der Waals surface area contributed by atoms with Crippen molar-refractivity contribution in [2.24, 2.45) is 0 Å². The van der Waals surface area contributed by atoms with Crippen molar-refractivity contribution in [2.75, 3.05) is 13.2 Å². The van der Waals surface area contributed by atoms with E-state index in [9.17, 15) is 0 Å². The third-order valence-corrected chi connectivity index (χ3v) is 1.68. The number of hydrogen-bond acceptors (Lipinski definition) is 1. The molecule has 3 heteroatoms. The van der Waals surface area contributed by atoms with Crippen molar-refractivity contribution < 1.29 is 4.74 Å². The van der Waals surface area contributed by atoms with Crippen LogP contribution in [0.5, 0.6) is 0 Å². The van der Waals surface area contributed by atoms with Crippen LogP contribution < -0.4 is 0 Å².